The van der Waals surface area contributed by atoms with Crippen molar-refractivity contribution in [2.75, 3.05) is 13.2 Å². The zero-order valence-corrected chi connectivity index (χ0v) is 19.2. The van der Waals surface area contributed by atoms with Crippen LogP contribution in [0.25, 0.3) is 5.69 Å². The fraction of sp³-hybridized carbons (Fsp3) is 0.360. The van der Waals surface area contributed by atoms with Gasteiger partial charge in [-0.25, -0.2) is 4.68 Å². The van der Waals surface area contributed by atoms with E-state index in [-0.39, 0.29) is 12.0 Å². The molecule has 6 nitrogen and oxygen atoms in total. The summed E-state index contributed by atoms with van der Waals surface area (Å²) in [7, 11) is 0. The van der Waals surface area contributed by atoms with E-state index in [1.807, 2.05) is 73.3 Å². The minimum Gasteiger partial charge on any atom is -0.439 e. The number of rotatable bonds is 8. The van der Waals surface area contributed by atoms with Gasteiger partial charge in [0.25, 0.3) is 0 Å². The van der Waals surface area contributed by atoms with Crippen molar-refractivity contribution >= 4 is 17.5 Å². The Kier molecular flexibility index (Phi) is 7.12. The third kappa shape index (κ3) is 5.14. The van der Waals surface area contributed by atoms with Gasteiger partial charge in [0.15, 0.2) is 0 Å². The lowest BCUT2D eigenvalue weighted by atomic mass is 10.2. The molecule has 1 aliphatic rings. The Balaban J connectivity index is 1.72. The highest BCUT2D eigenvalue weighted by molar-refractivity contribution is 6.30. The number of carbonyl (C=O) groups is 1. The predicted molar refractivity (Wildman–Crippen MR) is 125 cm³/mol. The number of amides is 1. The SMILES string of the molecule is CCC(=O)N(Cc1c(C)nn(-c2ccc(Cl)cc2)c1Oc1ccccc1)C[C@@H]1CCCO1. The zero-order valence-electron chi connectivity index (χ0n) is 18.5. The molecule has 1 atom stereocenters. The van der Waals surface area contributed by atoms with Crippen molar-refractivity contribution < 1.29 is 14.3 Å². The average Bonchev–Trinajstić information content (AvgIpc) is 3.43. The number of aromatic nitrogens is 2. The first-order valence-corrected chi connectivity index (χ1v) is 11.4. The third-order valence-electron chi connectivity index (χ3n) is 5.62. The summed E-state index contributed by atoms with van der Waals surface area (Å²) in [5.41, 5.74) is 2.53. The highest BCUT2D eigenvalue weighted by Gasteiger charge is 2.26. The van der Waals surface area contributed by atoms with Gasteiger partial charge in [-0.3, -0.25) is 4.79 Å². The molecule has 1 saturated heterocycles. The molecule has 168 valence electrons. The summed E-state index contributed by atoms with van der Waals surface area (Å²) in [6, 6.07) is 17.0. The Morgan fingerprint density at radius 3 is 2.62 bits per heavy atom. The van der Waals surface area contributed by atoms with Crippen LogP contribution >= 0.6 is 11.6 Å². The van der Waals surface area contributed by atoms with Gasteiger partial charge in [-0.2, -0.15) is 5.10 Å². The second-order valence-corrected chi connectivity index (χ2v) is 8.37. The standard InChI is InChI=1S/C25H28ClN3O3/c1-3-24(30)28(16-22-10-7-15-31-22)17-23-18(2)27-29(20-13-11-19(26)12-14-20)25(23)32-21-8-5-4-6-9-21/h4-6,8-9,11-14,22H,3,7,10,15-17H2,1-2H3/t22-/m0/s1. The summed E-state index contributed by atoms with van der Waals surface area (Å²) in [5.74, 6) is 1.39. The molecule has 0 aliphatic carbocycles. The molecule has 7 heteroatoms. The van der Waals surface area contributed by atoms with Crippen molar-refractivity contribution in [2.24, 2.45) is 0 Å². The fourth-order valence-electron chi connectivity index (χ4n) is 3.89. The Morgan fingerprint density at radius 2 is 1.97 bits per heavy atom. The first kappa shape index (κ1) is 22.4. The Hall–Kier alpha value is -2.83. The highest BCUT2D eigenvalue weighted by Crippen LogP contribution is 2.32. The van der Waals surface area contributed by atoms with Crippen molar-refractivity contribution in [2.45, 2.75) is 45.8 Å². The van der Waals surface area contributed by atoms with Crippen LogP contribution in [0.3, 0.4) is 0 Å². The fourth-order valence-corrected chi connectivity index (χ4v) is 4.01. The summed E-state index contributed by atoms with van der Waals surface area (Å²) in [6.07, 6.45) is 2.53. The normalized spacial score (nSPS) is 15.7. The zero-order chi connectivity index (χ0) is 22.5. The van der Waals surface area contributed by atoms with Crippen LogP contribution in [0.4, 0.5) is 0 Å². The molecular formula is C25H28ClN3O3. The lowest BCUT2D eigenvalue weighted by molar-refractivity contribution is -0.133. The van der Waals surface area contributed by atoms with Crippen LogP contribution in [-0.4, -0.2) is 39.8 Å². The number of benzene rings is 2. The van der Waals surface area contributed by atoms with Crippen LogP contribution in [0.1, 0.15) is 37.4 Å². The molecule has 0 radical (unpaired) electrons. The van der Waals surface area contributed by atoms with E-state index < -0.39 is 0 Å². The molecule has 1 aliphatic heterocycles. The van der Waals surface area contributed by atoms with E-state index in [1.54, 1.807) is 4.68 Å². The van der Waals surface area contributed by atoms with E-state index in [0.29, 0.717) is 36.2 Å². The Labute approximate surface area is 193 Å². The van der Waals surface area contributed by atoms with Crippen molar-refractivity contribution in [3.63, 3.8) is 0 Å². The summed E-state index contributed by atoms with van der Waals surface area (Å²) >= 11 is 6.09. The maximum Gasteiger partial charge on any atom is 0.227 e. The van der Waals surface area contributed by atoms with Gasteiger partial charge in [0.2, 0.25) is 11.8 Å². The van der Waals surface area contributed by atoms with E-state index in [4.69, 9.17) is 26.2 Å². The van der Waals surface area contributed by atoms with E-state index in [2.05, 4.69) is 0 Å². The molecule has 3 aromatic rings. The lowest BCUT2D eigenvalue weighted by Gasteiger charge is -2.25. The Bertz CT molecular complexity index is 1040. The molecule has 1 fully saturated rings. The topological polar surface area (TPSA) is 56.6 Å². The largest absolute Gasteiger partial charge is 0.439 e. The number of hydrogen-bond donors (Lipinski definition) is 0. The van der Waals surface area contributed by atoms with Crippen LogP contribution in [0.5, 0.6) is 11.6 Å². The Morgan fingerprint density at radius 1 is 1.22 bits per heavy atom. The number of para-hydroxylation sites is 1. The number of aryl methyl sites for hydroxylation is 1. The summed E-state index contributed by atoms with van der Waals surface area (Å²) in [5, 5.41) is 5.41. The van der Waals surface area contributed by atoms with Crippen molar-refractivity contribution in [1.29, 1.82) is 0 Å². The highest BCUT2D eigenvalue weighted by atomic mass is 35.5. The predicted octanol–water partition coefficient (Wildman–Crippen LogP) is 5.54. The van der Waals surface area contributed by atoms with Crippen molar-refractivity contribution in [3.8, 4) is 17.3 Å². The molecular weight excluding hydrogens is 426 g/mol. The van der Waals surface area contributed by atoms with E-state index in [0.717, 1.165) is 36.4 Å². The molecule has 1 aromatic heterocycles. The number of halogens is 1. The number of ether oxygens (including phenoxy) is 2. The summed E-state index contributed by atoms with van der Waals surface area (Å²) < 4.78 is 13.9. The average molecular weight is 454 g/mol. The van der Waals surface area contributed by atoms with Crippen LogP contribution in [0, 0.1) is 6.92 Å². The van der Waals surface area contributed by atoms with E-state index >= 15 is 0 Å². The third-order valence-corrected chi connectivity index (χ3v) is 5.87. The second-order valence-electron chi connectivity index (χ2n) is 7.94. The maximum atomic E-state index is 12.8. The minimum atomic E-state index is 0.0793. The van der Waals surface area contributed by atoms with Gasteiger partial charge < -0.3 is 14.4 Å². The molecule has 2 aromatic carbocycles. The van der Waals surface area contributed by atoms with Crippen molar-refractivity contribution in [1.82, 2.24) is 14.7 Å². The summed E-state index contributed by atoms with van der Waals surface area (Å²) in [6.45, 7) is 5.57. The monoisotopic (exact) mass is 453 g/mol. The van der Waals surface area contributed by atoms with Gasteiger partial charge in [0.05, 0.1) is 29.6 Å². The molecule has 32 heavy (non-hydrogen) atoms. The van der Waals surface area contributed by atoms with Gasteiger partial charge in [-0.05, 0) is 56.2 Å². The minimum absolute atomic E-state index is 0.0793. The molecule has 0 saturated carbocycles. The molecule has 4 rings (SSSR count). The number of nitrogens with zero attached hydrogens (tertiary/aromatic N) is 3. The van der Waals surface area contributed by atoms with Gasteiger partial charge in [-0.15, -0.1) is 0 Å². The molecule has 0 bridgehead atoms. The van der Waals surface area contributed by atoms with Gasteiger partial charge >= 0.3 is 0 Å². The maximum absolute atomic E-state index is 12.8. The first-order valence-electron chi connectivity index (χ1n) is 11.0. The molecule has 1 amide bonds. The second kappa shape index (κ2) is 10.2. The molecule has 0 spiro atoms. The molecule has 0 N–H and O–H groups in total. The van der Waals surface area contributed by atoms with Crippen LogP contribution in [0.2, 0.25) is 5.02 Å². The van der Waals surface area contributed by atoms with Crippen LogP contribution < -0.4 is 4.74 Å². The van der Waals surface area contributed by atoms with Gasteiger partial charge in [-0.1, -0.05) is 36.7 Å². The molecule has 2 heterocycles. The first-order chi connectivity index (χ1) is 15.5. The quantitative estimate of drug-likeness (QED) is 0.449. The van der Waals surface area contributed by atoms with Gasteiger partial charge in [0, 0.05) is 24.6 Å². The van der Waals surface area contributed by atoms with E-state index in [1.165, 1.54) is 0 Å². The number of hydrogen-bond acceptors (Lipinski definition) is 4. The van der Waals surface area contributed by atoms with Crippen LogP contribution in [-0.2, 0) is 16.1 Å². The smallest absolute Gasteiger partial charge is 0.227 e. The number of carbonyl (C=O) groups excluding carboxylic acids is 1. The molecule has 0 unspecified atom stereocenters. The summed E-state index contributed by atoms with van der Waals surface area (Å²) in [4.78, 5) is 14.7. The van der Waals surface area contributed by atoms with Crippen molar-refractivity contribution in [3.05, 3.63) is 70.9 Å². The van der Waals surface area contributed by atoms with E-state index in [9.17, 15) is 4.79 Å². The van der Waals surface area contributed by atoms with Crippen LogP contribution in [0.15, 0.2) is 54.6 Å². The van der Waals surface area contributed by atoms with Gasteiger partial charge in [0.1, 0.15) is 5.75 Å². The lowest BCUT2D eigenvalue weighted by Crippen LogP contribution is -2.36.